The normalized spacial score (nSPS) is 20.2. The van der Waals surface area contributed by atoms with Gasteiger partial charge in [-0.25, -0.2) is 0 Å². The Morgan fingerprint density at radius 3 is 2.53 bits per heavy atom. The van der Waals surface area contributed by atoms with Gasteiger partial charge in [0.25, 0.3) is 5.91 Å². The zero-order valence-corrected chi connectivity index (χ0v) is 19.9. The van der Waals surface area contributed by atoms with Crippen molar-refractivity contribution in [1.29, 1.82) is 0 Å². The van der Waals surface area contributed by atoms with Gasteiger partial charge in [-0.3, -0.25) is 4.79 Å². The van der Waals surface area contributed by atoms with E-state index in [0.29, 0.717) is 12.5 Å². The van der Waals surface area contributed by atoms with Crippen molar-refractivity contribution in [1.82, 2.24) is 4.90 Å². The van der Waals surface area contributed by atoms with Crippen molar-refractivity contribution in [2.24, 2.45) is 5.92 Å². The monoisotopic (exact) mass is 452 g/mol. The van der Waals surface area contributed by atoms with Gasteiger partial charge in [0.2, 0.25) is 0 Å². The second-order valence-corrected chi connectivity index (χ2v) is 9.07. The number of carbonyl (C=O) groups is 1. The van der Waals surface area contributed by atoms with Crippen molar-refractivity contribution in [3.05, 3.63) is 107 Å². The standard InChI is InChI=1S/C30H32N2O2/c1-3-32(4-2)30(33)22-17-18-27-26(19-22)23-14-10-15-24(23)29(31-27)25-13-8-9-16-28(25)34-20-21-11-6-5-7-12-21/h5-14,16-19,23-24,29,31H,3-4,15,20H2,1-2H3. The number of allylic oxidation sites excluding steroid dienone is 2. The van der Waals surface area contributed by atoms with Gasteiger partial charge in [-0.2, -0.15) is 0 Å². The van der Waals surface area contributed by atoms with Gasteiger partial charge in [-0.1, -0.05) is 60.7 Å². The van der Waals surface area contributed by atoms with Gasteiger partial charge in [0.15, 0.2) is 0 Å². The summed E-state index contributed by atoms with van der Waals surface area (Å²) >= 11 is 0. The van der Waals surface area contributed by atoms with Crippen LogP contribution in [0.15, 0.2) is 84.9 Å². The summed E-state index contributed by atoms with van der Waals surface area (Å²) < 4.78 is 6.30. The Bertz CT molecular complexity index is 1180. The molecule has 1 aliphatic carbocycles. The van der Waals surface area contributed by atoms with Crippen molar-refractivity contribution in [3.8, 4) is 5.75 Å². The van der Waals surface area contributed by atoms with Crippen LogP contribution in [-0.2, 0) is 6.61 Å². The predicted molar refractivity (Wildman–Crippen MR) is 137 cm³/mol. The number of benzene rings is 3. The number of nitrogens with zero attached hydrogens (tertiary/aromatic N) is 1. The van der Waals surface area contributed by atoms with Crippen LogP contribution in [0.1, 0.15) is 59.3 Å². The van der Waals surface area contributed by atoms with Crippen molar-refractivity contribution in [2.75, 3.05) is 18.4 Å². The van der Waals surface area contributed by atoms with Gasteiger partial charge in [0.05, 0.1) is 6.04 Å². The lowest BCUT2D eigenvalue weighted by Crippen LogP contribution is -2.32. The fourth-order valence-electron chi connectivity index (χ4n) is 5.33. The van der Waals surface area contributed by atoms with E-state index in [-0.39, 0.29) is 17.9 Å². The number of ether oxygens (including phenoxy) is 1. The van der Waals surface area contributed by atoms with E-state index in [1.165, 1.54) is 11.1 Å². The molecule has 4 heteroatoms. The van der Waals surface area contributed by atoms with Crippen LogP contribution in [0.4, 0.5) is 5.69 Å². The summed E-state index contributed by atoms with van der Waals surface area (Å²) in [7, 11) is 0. The van der Waals surface area contributed by atoms with Gasteiger partial charge >= 0.3 is 0 Å². The van der Waals surface area contributed by atoms with Gasteiger partial charge in [-0.15, -0.1) is 0 Å². The van der Waals surface area contributed by atoms with Crippen LogP contribution in [0, 0.1) is 5.92 Å². The minimum atomic E-state index is 0.105. The van der Waals surface area contributed by atoms with Crippen LogP contribution in [0.3, 0.4) is 0 Å². The zero-order valence-electron chi connectivity index (χ0n) is 19.9. The van der Waals surface area contributed by atoms with Gasteiger partial charge in [-0.05, 0) is 61.6 Å². The summed E-state index contributed by atoms with van der Waals surface area (Å²) in [5.74, 6) is 1.69. The molecule has 0 bridgehead atoms. The SMILES string of the molecule is CCN(CC)C(=O)c1ccc2c(c1)C1C=CCC1C(c1ccccc1OCc1ccccc1)N2. The highest BCUT2D eigenvalue weighted by molar-refractivity contribution is 5.95. The second-order valence-electron chi connectivity index (χ2n) is 9.07. The van der Waals surface area contributed by atoms with Crippen LogP contribution in [-0.4, -0.2) is 23.9 Å². The smallest absolute Gasteiger partial charge is 0.253 e. The first kappa shape index (κ1) is 22.3. The Morgan fingerprint density at radius 1 is 0.971 bits per heavy atom. The first-order valence-corrected chi connectivity index (χ1v) is 12.3. The average molecular weight is 453 g/mol. The van der Waals surface area contributed by atoms with E-state index in [1.54, 1.807) is 0 Å². The predicted octanol–water partition coefficient (Wildman–Crippen LogP) is 6.57. The highest BCUT2D eigenvalue weighted by atomic mass is 16.5. The third-order valence-corrected chi connectivity index (χ3v) is 7.15. The van der Waals surface area contributed by atoms with Crippen molar-refractivity contribution in [2.45, 2.75) is 38.8 Å². The highest BCUT2D eigenvalue weighted by Gasteiger charge is 2.39. The number of rotatable bonds is 7. The maximum absolute atomic E-state index is 13.0. The minimum Gasteiger partial charge on any atom is -0.489 e. The first-order chi connectivity index (χ1) is 16.7. The van der Waals surface area contributed by atoms with E-state index < -0.39 is 0 Å². The molecule has 34 heavy (non-hydrogen) atoms. The Labute approximate surface area is 202 Å². The number of nitrogens with one attached hydrogen (secondary N) is 1. The molecule has 0 aromatic heterocycles. The molecule has 2 aliphatic rings. The van der Waals surface area contributed by atoms with E-state index >= 15 is 0 Å². The lowest BCUT2D eigenvalue weighted by molar-refractivity contribution is 0.0773. The largest absolute Gasteiger partial charge is 0.489 e. The van der Waals surface area contributed by atoms with Crippen molar-refractivity contribution < 1.29 is 9.53 Å². The maximum Gasteiger partial charge on any atom is 0.253 e. The Kier molecular flexibility index (Phi) is 6.39. The van der Waals surface area contributed by atoms with Crippen LogP contribution >= 0.6 is 0 Å². The molecule has 4 nitrogen and oxygen atoms in total. The van der Waals surface area contributed by atoms with Gasteiger partial charge < -0.3 is 15.0 Å². The average Bonchev–Trinajstić information content (AvgIpc) is 3.39. The van der Waals surface area contributed by atoms with E-state index in [4.69, 9.17) is 4.74 Å². The van der Waals surface area contributed by atoms with Crippen LogP contribution < -0.4 is 10.1 Å². The summed E-state index contributed by atoms with van der Waals surface area (Å²) in [4.78, 5) is 14.9. The first-order valence-electron chi connectivity index (χ1n) is 12.3. The summed E-state index contributed by atoms with van der Waals surface area (Å²) in [5.41, 5.74) is 5.44. The maximum atomic E-state index is 13.0. The Morgan fingerprint density at radius 2 is 1.74 bits per heavy atom. The van der Waals surface area contributed by atoms with E-state index in [2.05, 4.69) is 59.9 Å². The molecular weight excluding hydrogens is 420 g/mol. The molecule has 1 amide bonds. The van der Waals surface area contributed by atoms with E-state index in [9.17, 15) is 4.79 Å². The van der Waals surface area contributed by atoms with Crippen LogP contribution in [0.5, 0.6) is 5.75 Å². The molecule has 0 fully saturated rings. The lowest BCUT2D eigenvalue weighted by atomic mass is 9.76. The fourth-order valence-corrected chi connectivity index (χ4v) is 5.33. The second kappa shape index (κ2) is 9.76. The van der Waals surface area contributed by atoms with E-state index in [1.807, 2.05) is 49.1 Å². The summed E-state index contributed by atoms with van der Waals surface area (Å²) in [6.45, 7) is 6.04. The Balaban J connectivity index is 1.44. The minimum absolute atomic E-state index is 0.105. The topological polar surface area (TPSA) is 41.6 Å². The van der Waals surface area contributed by atoms with Crippen LogP contribution in [0.2, 0.25) is 0 Å². The molecule has 0 spiro atoms. The third-order valence-electron chi connectivity index (χ3n) is 7.15. The summed E-state index contributed by atoms with van der Waals surface area (Å²) in [6, 6.07) is 24.9. The number of fused-ring (bicyclic) bond motifs is 3. The van der Waals surface area contributed by atoms with Gasteiger partial charge in [0.1, 0.15) is 12.4 Å². The number of anilines is 1. The van der Waals surface area contributed by atoms with Gasteiger partial charge in [0, 0.05) is 35.8 Å². The highest BCUT2D eigenvalue weighted by Crippen LogP contribution is 2.51. The molecule has 0 saturated heterocycles. The molecule has 1 N–H and O–H groups in total. The molecule has 1 aliphatic heterocycles. The lowest BCUT2D eigenvalue weighted by Gasteiger charge is -2.38. The number of amides is 1. The molecule has 3 aromatic rings. The number of hydrogen-bond donors (Lipinski definition) is 1. The molecular formula is C30H32N2O2. The molecule has 174 valence electrons. The fraction of sp³-hybridized carbons (Fsp3) is 0.300. The molecule has 3 unspecified atom stereocenters. The Hall–Kier alpha value is -3.53. The molecule has 0 radical (unpaired) electrons. The number of hydrogen-bond acceptors (Lipinski definition) is 3. The molecule has 0 saturated carbocycles. The number of carbonyl (C=O) groups excluding carboxylic acids is 1. The number of para-hydroxylation sites is 1. The van der Waals surface area contributed by atoms with Crippen molar-refractivity contribution in [3.63, 3.8) is 0 Å². The molecule has 3 aromatic carbocycles. The summed E-state index contributed by atoms with van der Waals surface area (Å²) in [6.07, 6.45) is 5.60. The van der Waals surface area contributed by atoms with E-state index in [0.717, 1.165) is 42.1 Å². The summed E-state index contributed by atoms with van der Waals surface area (Å²) in [5, 5.41) is 3.80. The zero-order chi connectivity index (χ0) is 23.5. The third kappa shape index (κ3) is 4.21. The molecule has 3 atom stereocenters. The van der Waals surface area contributed by atoms with Crippen LogP contribution in [0.25, 0.3) is 0 Å². The quantitative estimate of drug-likeness (QED) is 0.412. The molecule has 5 rings (SSSR count). The van der Waals surface area contributed by atoms with Crippen molar-refractivity contribution >= 4 is 11.6 Å². The molecule has 1 heterocycles.